The SMILES string of the molecule is CC/C=C\C/C=C\C/C=C\C/C=C\C/C=C\CCCCCCCCCCCCCCCCCC(=O)OCC(COC(=O)CCCCCCC/C=C\CCC)OC(=O)CCCCCCC/C=C\CCCCCCCC. The van der Waals surface area contributed by atoms with Crippen molar-refractivity contribution in [2.75, 3.05) is 13.2 Å². The molecule has 0 aromatic heterocycles. The Morgan fingerprint density at radius 2 is 0.554 bits per heavy atom. The molecule has 0 rings (SSSR count). The molecule has 0 saturated heterocycles. The van der Waals surface area contributed by atoms with E-state index in [2.05, 4.69) is 106 Å². The van der Waals surface area contributed by atoms with Gasteiger partial charge in [-0.25, -0.2) is 0 Å². The van der Waals surface area contributed by atoms with Crippen LogP contribution in [0, 0.1) is 0 Å². The number of rotatable bonds is 57. The molecule has 1 atom stereocenters. The van der Waals surface area contributed by atoms with Crippen molar-refractivity contribution in [3.63, 3.8) is 0 Å². The first kappa shape index (κ1) is 70.6. The van der Waals surface area contributed by atoms with Crippen LogP contribution in [0.5, 0.6) is 0 Å². The van der Waals surface area contributed by atoms with Gasteiger partial charge in [0.2, 0.25) is 0 Å². The molecule has 0 saturated carbocycles. The summed E-state index contributed by atoms with van der Waals surface area (Å²) in [5.41, 5.74) is 0. The van der Waals surface area contributed by atoms with Gasteiger partial charge in [-0.15, -0.1) is 0 Å². The second-order valence-corrected chi connectivity index (χ2v) is 20.9. The molecule has 6 heteroatoms. The van der Waals surface area contributed by atoms with Gasteiger partial charge in [0, 0.05) is 19.3 Å². The first-order chi connectivity index (χ1) is 36.5. The highest BCUT2D eigenvalue weighted by Crippen LogP contribution is 2.16. The van der Waals surface area contributed by atoms with E-state index < -0.39 is 6.10 Å². The van der Waals surface area contributed by atoms with Crippen molar-refractivity contribution in [1.29, 1.82) is 0 Å². The van der Waals surface area contributed by atoms with Crippen LogP contribution in [0.15, 0.2) is 85.1 Å². The molecule has 0 aromatic rings. The van der Waals surface area contributed by atoms with Crippen molar-refractivity contribution < 1.29 is 28.6 Å². The molecule has 0 N–H and O–H groups in total. The van der Waals surface area contributed by atoms with Gasteiger partial charge in [0.25, 0.3) is 0 Å². The Balaban J connectivity index is 4.14. The lowest BCUT2D eigenvalue weighted by molar-refractivity contribution is -0.167. The quantitative estimate of drug-likeness (QED) is 0.0261. The van der Waals surface area contributed by atoms with E-state index in [9.17, 15) is 14.4 Å². The second-order valence-electron chi connectivity index (χ2n) is 20.9. The minimum atomic E-state index is -0.782. The van der Waals surface area contributed by atoms with Crippen LogP contribution in [0.2, 0.25) is 0 Å². The van der Waals surface area contributed by atoms with E-state index >= 15 is 0 Å². The van der Waals surface area contributed by atoms with Crippen LogP contribution in [0.25, 0.3) is 0 Å². The number of ether oxygens (including phenoxy) is 3. The van der Waals surface area contributed by atoms with Crippen molar-refractivity contribution in [3.05, 3.63) is 85.1 Å². The zero-order chi connectivity index (χ0) is 53.6. The molecule has 426 valence electrons. The Bertz CT molecular complexity index is 1420. The lowest BCUT2D eigenvalue weighted by Gasteiger charge is -2.18. The molecular weight excluding hydrogens is 913 g/mol. The number of unbranched alkanes of at least 4 members (excludes halogenated alkanes) is 32. The summed E-state index contributed by atoms with van der Waals surface area (Å²) in [7, 11) is 0. The minimum absolute atomic E-state index is 0.0800. The molecule has 0 fully saturated rings. The summed E-state index contributed by atoms with van der Waals surface area (Å²) in [6.45, 7) is 6.47. The Kier molecular flexibility index (Phi) is 59.3. The third kappa shape index (κ3) is 59.5. The molecule has 0 bridgehead atoms. The van der Waals surface area contributed by atoms with Crippen LogP contribution >= 0.6 is 0 Å². The molecule has 0 aliphatic rings. The highest BCUT2D eigenvalue weighted by atomic mass is 16.6. The second kappa shape index (κ2) is 62.1. The largest absolute Gasteiger partial charge is 0.462 e. The van der Waals surface area contributed by atoms with Crippen molar-refractivity contribution in [2.24, 2.45) is 0 Å². The van der Waals surface area contributed by atoms with Gasteiger partial charge < -0.3 is 14.2 Å². The van der Waals surface area contributed by atoms with Crippen LogP contribution in [0.4, 0.5) is 0 Å². The predicted octanol–water partition coefficient (Wildman–Crippen LogP) is 21.5. The molecule has 6 nitrogen and oxygen atoms in total. The van der Waals surface area contributed by atoms with Gasteiger partial charge in [0.1, 0.15) is 13.2 Å². The smallest absolute Gasteiger partial charge is 0.306 e. The molecule has 0 spiro atoms. The van der Waals surface area contributed by atoms with Crippen molar-refractivity contribution in [2.45, 2.75) is 316 Å². The number of hydrogen-bond donors (Lipinski definition) is 0. The van der Waals surface area contributed by atoms with E-state index in [0.29, 0.717) is 19.3 Å². The maximum atomic E-state index is 12.8. The van der Waals surface area contributed by atoms with E-state index in [1.165, 1.54) is 154 Å². The van der Waals surface area contributed by atoms with E-state index in [-0.39, 0.29) is 31.1 Å². The lowest BCUT2D eigenvalue weighted by Crippen LogP contribution is -2.30. The van der Waals surface area contributed by atoms with Gasteiger partial charge in [-0.3, -0.25) is 14.4 Å². The maximum Gasteiger partial charge on any atom is 0.306 e. The van der Waals surface area contributed by atoms with Crippen LogP contribution in [0.1, 0.15) is 310 Å². The molecule has 0 aliphatic carbocycles. The molecule has 0 aromatic carbocycles. The summed E-state index contributed by atoms with van der Waals surface area (Å²) < 4.78 is 16.9. The van der Waals surface area contributed by atoms with Crippen LogP contribution < -0.4 is 0 Å². The van der Waals surface area contributed by atoms with Gasteiger partial charge >= 0.3 is 17.9 Å². The fourth-order valence-electron chi connectivity index (χ4n) is 8.88. The number of carbonyl (C=O) groups is 3. The van der Waals surface area contributed by atoms with Gasteiger partial charge in [-0.05, 0) is 109 Å². The van der Waals surface area contributed by atoms with Crippen molar-refractivity contribution in [1.82, 2.24) is 0 Å². The number of allylic oxidation sites excluding steroid dienone is 14. The Morgan fingerprint density at radius 1 is 0.284 bits per heavy atom. The van der Waals surface area contributed by atoms with Crippen molar-refractivity contribution in [3.8, 4) is 0 Å². The first-order valence-corrected chi connectivity index (χ1v) is 31.6. The zero-order valence-corrected chi connectivity index (χ0v) is 48.8. The van der Waals surface area contributed by atoms with Gasteiger partial charge in [0.15, 0.2) is 6.10 Å². The predicted molar refractivity (Wildman–Crippen MR) is 321 cm³/mol. The van der Waals surface area contributed by atoms with Crippen LogP contribution in [-0.2, 0) is 28.6 Å². The average Bonchev–Trinajstić information content (AvgIpc) is 3.40. The normalized spacial score (nSPS) is 12.6. The highest BCUT2D eigenvalue weighted by Gasteiger charge is 2.19. The topological polar surface area (TPSA) is 78.9 Å². The Labute approximate surface area is 458 Å². The molecule has 0 aliphatic heterocycles. The highest BCUT2D eigenvalue weighted by molar-refractivity contribution is 5.71. The molecule has 0 amide bonds. The molecule has 0 heterocycles. The number of hydrogen-bond acceptors (Lipinski definition) is 6. The summed E-state index contributed by atoms with van der Waals surface area (Å²) in [4.78, 5) is 38.1. The molecule has 0 radical (unpaired) electrons. The number of carbonyl (C=O) groups excluding carboxylic acids is 3. The number of esters is 3. The average molecular weight is 1030 g/mol. The monoisotopic (exact) mass is 1030 g/mol. The van der Waals surface area contributed by atoms with Crippen molar-refractivity contribution >= 4 is 17.9 Å². The van der Waals surface area contributed by atoms with E-state index in [1.807, 2.05) is 0 Å². The fraction of sp³-hybridized carbons (Fsp3) is 0.750. The molecular formula is C68H118O6. The Hall–Kier alpha value is -3.41. The van der Waals surface area contributed by atoms with E-state index in [4.69, 9.17) is 14.2 Å². The summed E-state index contributed by atoms with van der Waals surface area (Å²) in [5, 5.41) is 0. The summed E-state index contributed by atoms with van der Waals surface area (Å²) in [6, 6.07) is 0. The molecule has 74 heavy (non-hydrogen) atoms. The Morgan fingerprint density at radius 3 is 0.892 bits per heavy atom. The van der Waals surface area contributed by atoms with Crippen LogP contribution in [-0.4, -0.2) is 37.2 Å². The fourth-order valence-corrected chi connectivity index (χ4v) is 8.88. The van der Waals surface area contributed by atoms with Gasteiger partial charge in [0.05, 0.1) is 0 Å². The maximum absolute atomic E-state index is 12.8. The summed E-state index contributed by atoms with van der Waals surface area (Å²) in [6.07, 6.45) is 81.8. The van der Waals surface area contributed by atoms with Gasteiger partial charge in [-0.2, -0.15) is 0 Å². The van der Waals surface area contributed by atoms with Crippen LogP contribution in [0.3, 0.4) is 0 Å². The summed E-state index contributed by atoms with van der Waals surface area (Å²) >= 11 is 0. The zero-order valence-electron chi connectivity index (χ0n) is 48.8. The van der Waals surface area contributed by atoms with E-state index in [0.717, 1.165) is 116 Å². The molecule has 1 unspecified atom stereocenters. The van der Waals surface area contributed by atoms with Gasteiger partial charge in [-0.1, -0.05) is 266 Å². The third-order valence-corrected chi connectivity index (χ3v) is 13.6. The first-order valence-electron chi connectivity index (χ1n) is 31.6. The standard InChI is InChI=1S/C68H118O6/c1-4-7-10-13-16-19-22-24-26-27-28-29-30-31-32-33-34-35-36-37-38-39-40-41-43-44-46-49-52-55-58-61-67(70)73-64-65(63-72-66(69)60-57-54-51-48-21-18-15-12-9-6-3)74-68(71)62-59-56-53-50-47-45-42-25-23-20-17-14-11-8-5-2/h7,10,12,15-16,19,24-26,28-29,31-32,42,65H,4-6,8-9,11,13-14,17-18,20-23,27,30,33-41,43-64H2,1-3H3/b10-7-,15-12-,19-16-,26-24-,29-28-,32-31-,42-25-. The third-order valence-electron chi connectivity index (χ3n) is 13.6. The summed E-state index contributed by atoms with van der Waals surface area (Å²) in [5.74, 6) is -0.890. The minimum Gasteiger partial charge on any atom is -0.462 e. The lowest BCUT2D eigenvalue weighted by atomic mass is 10.0. The van der Waals surface area contributed by atoms with E-state index in [1.54, 1.807) is 0 Å².